The van der Waals surface area contributed by atoms with Gasteiger partial charge < -0.3 is 10.6 Å². The summed E-state index contributed by atoms with van der Waals surface area (Å²) in [6, 6.07) is 10.4. The van der Waals surface area contributed by atoms with Crippen LogP contribution < -0.4 is 10.6 Å². The van der Waals surface area contributed by atoms with Crippen LogP contribution in [0.2, 0.25) is 0 Å². The molecule has 2 N–H and O–H groups in total. The van der Waals surface area contributed by atoms with Crippen LogP contribution >= 0.6 is 0 Å². The molecule has 1 unspecified atom stereocenters. The first-order valence-corrected chi connectivity index (χ1v) is 10.4. The smallest absolute Gasteiger partial charge is 0.191 e. The maximum atomic E-state index is 12.2. The Kier molecular flexibility index (Phi) is 8.69. The molecule has 0 saturated carbocycles. The molecule has 1 aliphatic rings. The van der Waals surface area contributed by atoms with E-state index >= 15 is 0 Å². The first kappa shape index (κ1) is 19.7. The van der Waals surface area contributed by atoms with Gasteiger partial charge in [0.25, 0.3) is 0 Å². The zero-order chi connectivity index (χ0) is 17.9. The second kappa shape index (κ2) is 11.1. The summed E-state index contributed by atoms with van der Waals surface area (Å²) in [4.78, 5) is 6.69. The lowest BCUT2D eigenvalue weighted by atomic mass is 10.1. The van der Waals surface area contributed by atoms with Crippen LogP contribution in [-0.2, 0) is 16.6 Å². The van der Waals surface area contributed by atoms with Crippen molar-refractivity contribution in [3.63, 3.8) is 0 Å². The van der Waals surface area contributed by atoms with E-state index in [1.54, 1.807) is 7.05 Å². The van der Waals surface area contributed by atoms with Gasteiger partial charge in [-0.3, -0.25) is 14.1 Å². The molecule has 0 spiro atoms. The highest BCUT2D eigenvalue weighted by Crippen LogP contribution is 2.09. The molecule has 1 aliphatic heterocycles. The summed E-state index contributed by atoms with van der Waals surface area (Å²) in [5, 5.41) is 6.76. The second-order valence-corrected chi connectivity index (χ2v) is 7.86. The predicted molar refractivity (Wildman–Crippen MR) is 107 cm³/mol. The van der Waals surface area contributed by atoms with E-state index in [-0.39, 0.29) is 0 Å². The highest BCUT2D eigenvalue weighted by molar-refractivity contribution is 7.84. The van der Waals surface area contributed by atoms with Gasteiger partial charge in [0.2, 0.25) is 0 Å². The molecule has 1 saturated heterocycles. The zero-order valence-electron chi connectivity index (χ0n) is 15.1. The van der Waals surface area contributed by atoms with Crippen LogP contribution in [0.15, 0.2) is 48.0 Å². The molecule has 0 radical (unpaired) electrons. The third kappa shape index (κ3) is 7.40. The monoisotopic (exact) mass is 362 g/mol. The molecule has 0 amide bonds. The summed E-state index contributed by atoms with van der Waals surface area (Å²) >= 11 is 0. The molecular weight excluding hydrogens is 332 g/mol. The van der Waals surface area contributed by atoms with Crippen molar-refractivity contribution in [2.75, 3.05) is 39.0 Å². The minimum absolute atomic E-state index is 0.446. The Morgan fingerprint density at radius 2 is 2.08 bits per heavy atom. The quantitative estimate of drug-likeness (QED) is 0.420. The van der Waals surface area contributed by atoms with Gasteiger partial charge in [0.15, 0.2) is 5.96 Å². The van der Waals surface area contributed by atoms with E-state index in [9.17, 15) is 4.21 Å². The van der Waals surface area contributed by atoms with Gasteiger partial charge >= 0.3 is 0 Å². The SMILES string of the molecule is C=CCN1CCC(NC(=NC)NCCS(=O)Cc2ccccc2)CC1. The summed E-state index contributed by atoms with van der Waals surface area (Å²) in [6.07, 6.45) is 4.17. The number of nitrogens with zero attached hydrogens (tertiary/aromatic N) is 2. The fourth-order valence-electron chi connectivity index (χ4n) is 2.95. The molecular formula is C19H30N4OS. The number of piperidine rings is 1. The Balaban J connectivity index is 1.65. The summed E-state index contributed by atoms with van der Waals surface area (Å²) in [5.41, 5.74) is 1.12. The Bertz CT molecular complexity index is 568. The summed E-state index contributed by atoms with van der Waals surface area (Å²) < 4.78 is 12.2. The Hall–Kier alpha value is -1.66. The van der Waals surface area contributed by atoms with Crippen molar-refractivity contribution in [1.29, 1.82) is 0 Å². The Morgan fingerprint density at radius 3 is 2.72 bits per heavy atom. The number of guanidine groups is 1. The summed E-state index contributed by atoms with van der Waals surface area (Å²) in [7, 11) is 0.916. The van der Waals surface area contributed by atoms with E-state index < -0.39 is 10.8 Å². The summed E-state index contributed by atoms with van der Waals surface area (Å²) in [6.45, 7) is 7.59. The molecule has 0 aromatic heterocycles. The largest absolute Gasteiger partial charge is 0.355 e. The maximum absolute atomic E-state index is 12.2. The Morgan fingerprint density at radius 1 is 1.36 bits per heavy atom. The lowest BCUT2D eigenvalue weighted by Gasteiger charge is -2.32. The van der Waals surface area contributed by atoms with Crippen molar-refractivity contribution in [2.45, 2.75) is 24.6 Å². The van der Waals surface area contributed by atoms with Crippen molar-refractivity contribution in [2.24, 2.45) is 4.99 Å². The van der Waals surface area contributed by atoms with Crippen LogP contribution in [0, 0.1) is 0 Å². The van der Waals surface area contributed by atoms with Gasteiger partial charge in [0.05, 0.1) is 0 Å². The molecule has 138 valence electrons. The molecule has 1 aromatic carbocycles. The van der Waals surface area contributed by atoms with E-state index in [0.717, 1.165) is 44.0 Å². The number of likely N-dealkylation sites (tertiary alicyclic amines) is 1. The van der Waals surface area contributed by atoms with Gasteiger partial charge in [0.1, 0.15) is 0 Å². The third-order valence-electron chi connectivity index (χ3n) is 4.33. The average Bonchev–Trinajstić information content (AvgIpc) is 2.63. The molecule has 0 aliphatic carbocycles. The maximum Gasteiger partial charge on any atom is 0.191 e. The highest BCUT2D eigenvalue weighted by Gasteiger charge is 2.18. The minimum atomic E-state index is -0.865. The molecule has 1 aromatic rings. The molecule has 25 heavy (non-hydrogen) atoms. The fraction of sp³-hybridized carbons (Fsp3) is 0.526. The zero-order valence-corrected chi connectivity index (χ0v) is 15.9. The molecule has 5 nitrogen and oxygen atoms in total. The van der Waals surface area contributed by atoms with E-state index in [0.29, 0.717) is 24.1 Å². The molecule has 6 heteroatoms. The number of hydrogen-bond acceptors (Lipinski definition) is 3. The number of hydrogen-bond donors (Lipinski definition) is 2. The van der Waals surface area contributed by atoms with Gasteiger partial charge in [-0.1, -0.05) is 36.4 Å². The molecule has 1 atom stereocenters. The van der Waals surface area contributed by atoms with Crippen molar-refractivity contribution in [3.8, 4) is 0 Å². The number of rotatable bonds is 8. The second-order valence-electron chi connectivity index (χ2n) is 6.28. The highest BCUT2D eigenvalue weighted by atomic mass is 32.2. The third-order valence-corrected chi connectivity index (χ3v) is 5.65. The Labute approximate surface area is 154 Å². The lowest BCUT2D eigenvalue weighted by Crippen LogP contribution is -2.49. The van der Waals surface area contributed by atoms with E-state index in [1.165, 1.54) is 0 Å². The first-order chi connectivity index (χ1) is 12.2. The van der Waals surface area contributed by atoms with E-state index in [2.05, 4.69) is 27.1 Å². The van der Waals surface area contributed by atoms with Crippen LogP contribution in [0.1, 0.15) is 18.4 Å². The van der Waals surface area contributed by atoms with Crippen LogP contribution in [0.3, 0.4) is 0 Å². The topological polar surface area (TPSA) is 56.7 Å². The van der Waals surface area contributed by atoms with Gasteiger partial charge in [-0.25, -0.2) is 0 Å². The van der Waals surface area contributed by atoms with Crippen LogP contribution in [-0.4, -0.2) is 60.1 Å². The van der Waals surface area contributed by atoms with Gasteiger partial charge in [-0.15, -0.1) is 6.58 Å². The summed E-state index contributed by atoms with van der Waals surface area (Å²) in [5.74, 6) is 2.03. The van der Waals surface area contributed by atoms with Gasteiger partial charge in [-0.05, 0) is 18.4 Å². The van der Waals surface area contributed by atoms with Crippen LogP contribution in [0.25, 0.3) is 0 Å². The van der Waals surface area contributed by atoms with Crippen molar-refractivity contribution >= 4 is 16.8 Å². The van der Waals surface area contributed by atoms with Crippen LogP contribution in [0.5, 0.6) is 0 Å². The molecule has 1 fully saturated rings. The lowest BCUT2D eigenvalue weighted by molar-refractivity contribution is 0.225. The number of benzene rings is 1. The molecule has 1 heterocycles. The van der Waals surface area contributed by atoms with Gasteiger partial charge in [-0.2, -0.15) is 0 Å². The van der Waals surface area contributed by atoms with Gasteiger partial charge in [0, 0.05) is 61.6 Å². The normalized spacial score (nSPS) is 17.9. The molecule has 0 bridgehead atoms. The minimum Gasteiger partial charge on any atom is -0.355 e. The van der Waals surface area contributed by atoms with Crippen LogP contribution in [0.4, 0.5) is 0 Å². The first-order valence-electron chi connectivity index (χ1n) is 8.90. The number of nitrogens with one attached hydrogen (secondary N) is 2. The van der Waals surface area contributed by atoms with Crippen molar-refractivity contribution < 1.29 is 4.21 Å². The predicted octanol–water partition coefficient (Wildman–Crippen LogP) is 1.75. The molecule has 2 rings (SSSR count). The van der Waals surface area contributed by atoms with E-state index in [1.807, 2.05) is 36.4 Å². The standard InChI is InChI=1S/C19H30N4OS/c1-3-12-23-13-9-18(10-14-23)22-19(20-2)21-11-15-25(24)16-17-7-5-4-6-8-17/h3-8,18H,1,9-16H2,2H3,(H2,20,21,22). The van der Waals surface area contributed by atoms with E-state index in [4.69, 9.17) is 0 Å². The fourth-order valence-corrected chi connectivity index (χ4v) is 3.98. The average molecular weight is 363 g/mol. The number of aliphatic imine (C=N–C) groups is 1. The van der Waals surface area contributed by atoms with Crippen molar-refractivity contribution in [1.82, 2.24) is 15.5 Å². The van der Waals surface area contributed by atoms with Crippen molar-refractivity contribution in [3.05, 3.63) is 48.6 Å².